The predicted molar refractivity (Wildman–Crippen MR) is 59.8 cm³/mol. The molecule has 1 saturated heterocycles. The minimum atomic E-state index is -2.07. The molecule has 4 N–H and O–H groups in total. The number of aliphatic carboxylic acids is 2. The number of rotatable bonds is 6. The lowest BCUT2D eigenvalue weighted by molar-refractivity contribution is -0.153. The average molecular weight is 259 g/mol. The minimum Gasteiger partial charge on any atom is -0.481 e. The number of carbonyl (C=O) groups is 3. The van der Waals surface area contributed by atoms with Gasteiger partial charge in [-0.25, -0.2) is 4.79 Å². The van der Waals surface area contributed by atoms with E-state index in [2.05, 4.69) is 5.32 Å². The van der Waals surface area contributed by atoms with Crippen molar-refractivity contribution in [1.29, 1.82) is 0 Å². The molecule has 0 aromatic rings. The first-order chi connectivity index (χ1) is 8.32. The van der Waals surface area contributed by atoms with Gasteiger partial charge >= 0.3 is 11.9 Å². The molecule has 102 valence electrons. The van der Waals surface area contributed by atoms with Crippen LogP contribution in [0.2, 0.25) is 0 Å². The van der Waals surface area contributed by atoms with Gasteiger partial charge in [0.1, 0.15) is 5.60 Å². The van der Waals surface area contributed by atoms with E-state index in [0.717, 1.165) is 6.42 Å². The Bertz CT molecular complexity index is 369. The number of aliphatic hydroxyl groups is 1. The third kappa shape index (κ3) is 2.61. The lowest BCUT2D eigenvalue weighted by Gasteiger charge is -2.29. The zero-order chi connectivity index (χ0) is 13.9. The van der Waals surface area contributed by atoms with Crippen LogP contribution in [0.1, 0.15) is 32.6 Å². The normalized spacial score (nSPS) is 31.1. The molecule has 7 heteroatoms. The second kappa shape index (κ2) is 5.34. The molecule has 3 atom stereocenters. The van der Waals surface area contributed by atoms with Crippen LogP contribution in [0.15, 0.2) is 0 Å². The highest BCUT2D eigenvalue weighted by molar-refractivity contribution is 5.93. The number of unbranched alkanes of at least 4 members (excludes halogenated alkanes) is 1. The van der Waals surface area contributed by atoms with E-state index in [0.29, 0.717) is 6.42 Å². The Morgan fingerprint density at radius 2 is 2.00 bits per heavy atom. The maximum atomic E-state index is 11.7. The highest BCUT2D eigenvalue weighted by atomic mass is 16.4. The fourth-order valence-corrected chi connectivity index (χ4v) is 2.33. The zero-order valence-electron chi connectivity index (χ0n) is 10.0. The third-order valence-corrected chi connectivity index (χ3v) is 3.23. The molecule has 1 rings (SSSR count). The maximum absolute atomic E-state index is 11.7. The zero-order valence-corrected chi connectivity index (χ0v) is 10.0. The van der Waals surface area contributed by atoms with Crippen LogP contribution in [0.25, 0.3) is 0 Å². The topological polar surface area (TPSA) is 124 Å². The molecule has 0 bridgehead atoms. The van der Waals surface area contributed by atoms with Crippen molar-refractivity contribution in [1.82, 2.24) is 5.32 Å². The molecule has 0 saturated carbocycles. The van der Waals surface area contributed by atoms with Crippen molar-refractivity contribution in [2.75, 3.05) is 0 Å². The van der Waals surface area contributed by atoms with Crippen molar-refractivity contribution < 1.29 is 29.7 Å². The predicted octanol–water partition coefficient (Wildman–Crippen LogP) is -0.418. The van der Waals surface area contributed by atoms with E-state index in [1.807, 2.05) is 6.92 Å². The average Bonchev–Trinajstić information content (AvgIpc) is 2.47. The van der Waals surface area contributed by atoms with E-state index in [4.69, 9.17) is 10.2 Å². The van der Waals surface area contributed by atoms with Gasteiger partial charge in [-0.05, 0) is 6.42 Å². The summed E-state index contributed by atoms with van der Waals surface area (Å²) in [6.45, 7) is 1.89. The highest BCUT2D eigenvalue weighted by Gasteiger charge is 2.57. The minimum absolute atomic E-state index is 0.274. The monoisotopic (exact) mass is 259 g/mol. The van der Waals surface area contributed by atoms with Crippen LogP contribution in [0.4, 0.5) is 0 Å². The second-order valence-electron chi connectivity index (χ2n) is 4.54. The van der Waals surface area contributed by atoms with E-state index in [1.54, 1.807) is 0 Å². The quantitative estimate of drug-likeness (QED) is 0.513. The molecule has 1 amide bonds. The number of amides is 1. The largest absolute Gasteiger partial charge is 0.481 e. The fraction of sp³-hybridized carbons (Fsp3) is 0.727. The molecular formula is C11H17NO6. The van der Waals surface area contributed by atoms with Crippen LogP contribution in [-0.2, 0) is 14.4 Å². The molecule has 7 nitrogen and oxygen atoms in total. The van der Waals surface area contributed by atoms with Crippen LogP contribution < -0.4 is 5.32 Å². The maximum Gasteiger partial charge on any atom is 0.329 e. The number of hydrogen-bond acceptors (Lipinski definition) is 4. The van der Waals surface area contributed by atoms with Crippen LogP contribution in [0, 0.1) is 5.92 Å². The van der Waals surface area contributed by atoms with Gasteiger partial charge in [-0.15, -0.1) is 0 Å². The standard InChI is InChI=1S/C11H17NO6/c1-2-3-4-6-9(15)12-8(10(16)17)11(6,18)5-7(13)14/h6,8,18H,2-5H2,1H3,(H,12,15)(H,13,14)(H,16,17)/t6-,8+,11-/m0/s1. The Balaban J connectivity index is 3.01. The van der Waals surface area contributed by atoms with Gasteiger partial charge in [0, 0.05) is 0 Å². The van der Waals surface area contributed by atoms with Crippen LogP contribution in [-0.4, -0.2) is 44.8 Å². The highest BCUT2D eigenvalue weighted by Crippen LogP contribution is 2.35. The Morgan fingerprint density at radius 1 is 1.39 bits per heavy atom. The summed E-state index contributed by atoms with van der Waals surface area (Å²) in [6, 6.07) is -1.57. The van der Waals surface area contributed by atoms with Gasteiger partial charge in [0.25, 0.3) is 0 Å². The molecule has 0 aromatic heterocycles. The third-order valence-electron chi connectivity index (χ3n) is 3.23. The van der Waals surface area contributed by atoms with Crippen LogP contribution in [0.3, 0.4) is 0 Å². The number of hydrogen-bond donors (Lipinski definition) is 4. The van der Waals surface area contributed by atoms with Crippen molar-refractivity contribution in [3.05, 3.63) is 0 Å². The number of carboxylic acids is 2. The molecule has 18 heavy (non-hydrogen) atoms. The van der Waals surface area contributed by atoms with Crippen molar-refractivity contribution in [3.8, 4) is 0 Å². The first-order valence-corrected chi connectivity index (χ1v) is 5.80. The van der Waals surface area contributed by atoms with E-state index < -0.39 is 41.8 Å². The molecule has 0 unspecified atom stereocenters. The Labute approximate surface area is 104 Å². The molecule has 0 spiro atoms. The van der Waals surface area contributed by atoms with Crippen molar-refractivity contribution in [3.63, 3.8) is 0 Å². The summed E-state index contributed by atoms with van der Waals surface area (Å²) in [5.74, 6) is -4.35. The number of carboxylic acid groups (broad SMARTS) is 2. The summed E-state index contributed by atoms with van der Waals surface area (Å²) in [7, 11) is 0. The molecule has 0 aromatic carbocycles. The summed E-state index contributed by atoms with van der Waals surface area (Å²) in [5, 5.41) is 30.2. The van der Waals surface area contributed by atoms with Gasteiger partial charge in [0.2, 0.25) is 5.91 Å². The molecule has 1 heterocycles. The van der Waals surface area contributed by atoms with Crippen LogP contribution in [0.5, 0.6) is 0 Å². The van der Waals surface area contributed by atoms with E-state index in [1.165, 1.54) is 0 Å². The summed E-state index contributed by atoms with van der Waals surface area (Å²) < 4.78 is 0. The lowest BCUT2D eigenvalue weighted by Crippen LogP contribution is -2.52. The van der Waals surface area contributed by atoms with E-state index >= 15 is 0 Å². The van der Waals surface area contributed by atoms with Gasteiger partial charge in [-0.2, -0.15) is 0 Å². The van der Waals surface area contributed by atoms with Gasteiger partial charge in [-0.1, -0.05) is 19.8 Å². The smallest absolute Gasteiger partial charge is 0.329 e. The van der Waals surface area contributed by atoms with Gasteiger partial charge in [0.05, 0.1) is 12.3 Å². The molecule has 1 fully saturated rings. The van der Waals surface area contributed by atoms with Gasteiger partial charge < -0.3 is 20.6 Å². The lowest BCUT2D eigenvalue weighted by atomic mass is 9.79. The summed E-state index contributed by atoms with van der Waals surface area (Å²) in [4.78, 5) is 33.4. The SMILES string of the molecule is CCCC[C@H]1C(=O)N[C@H](C(=O)O)[C@]1(O)CC(=O)O. The van der Waals surface area contributed by atoms with E-state index in [9.17, 15) is 19.5 Å². The van der Waals surface area contributed by atoms with Gasteiger partial charge in [0.15, 0.2) is 6.04 Å². The number of carbonyl (C=O) groups excluding carboxylic acids is 1. The fourth-order valence-electron chi connectivity index (χ4n) is 2.33. The van der Waals surface area contributed by atoms with Crippen molar-refractivity contribution >= 4 is 17.8 Å². The second-order valence-corrected chi connectivity index (χ2v) is 4.54. The molecule has 1 aliphatic rings. The Morgan fingerprint density at radius 3 is 2.44 bits per heavy atom. The van der Waals surface area contributed by atoms with Gasteiger partial charge in [-0.3, -0.25) is 9.59 Å². The summed E-state index contributed by atoms with van der Waals surface area (Å²) in [6.07, 6.45) is 0.893. The first-order valence-electron chi connectivity index (χ1n) is 5.80. The first kappa shape index (κ1) is 14.4. The summed E-state index contributed by atoms with van der Waals surface area (Å²) in [5.41, 5.74) is -2.07. The molecular weight excluding hydrogens is 242 g/mol. The molecule has 0 aliphatic carbocycles. The summed E-state index contributed by atoms with van der Waals surface area (Å²) >= 11 is 0. The van der Waals surface area contributed by atoms with Crippen LogP contribution >= 0.6 is 0 Å². The van der Waals surface area contributed by atoms with Crippen molar-refractivity contribution in [2.24, 2.45) is 5.92 Å². The Hall–Kier alpha value is -1.63. The molecule has 0 radical (unpaired) electrons. The van der Waals surface area contributed by atoms with E-state index in [-0.39, 0.29) is 6.42 Å². The van der Waals surface area contributed by atoms with Crippen molar-refractivity contribution in [2.45, 2.75) is 44.2 Å². The Kier molecular flexibility index (Phi) is 4.28. The number of nitrogens with one attached hydrogen (secondary N) is 1. The molecule has 1 aliphatic heterocycles.